The van der Waals surface area contributed by atoms with Crippen LogP contribution in [0.25, 0.3) is 0 Å². The third-order valence-corrected chi connectivity index (χ3v) is 4.83. The third-order valence-electron chi connectivity index (χ3n) is 4.23. The number of halogens is 2. The number of nitrogens with zero attached hydrogens (tertiary/aromatic N) is 1. The zero-order valence-electron chi connectivity index (χ0n) is 13.7. The molecule has 25 heavy (non-hydrogen) atoms. The van der Waals surface area contributed by atoms with E-state index in [1.165, 1.54) is 12.1 Å². The van der Waals surface area contributed by atoms with Crippen molar-refractivity contribution in [3.8, 4) is 17.2 Å². The maximum atomic E-state index is 12.8. The molecule has 1 N–H and O–H groups in total. The van der Waals surface area contributed by atoms with Crippen molar-refractivity contribution in [3.05, 3.63) is 52.0 Å². The summed E-state index contributed by atoms with van der Waals surface area (Å²) in [5.74, 6) is 0.470. The van der Waals surface area contributed by atoms with E-state index in [0.29, 0.717) is 34.6 Å². The largest absolute Gasteiger partial charge is 0.507 e. The quantitative estimate of drug-likeness (QED) is 0.764. The normalized spacial score (nSPS) is 14.9. The number of ether oxygens (including phenoxy) is 1. The average molecular weight is 380 g/mol. The molecule has 0 bridgehead atoms. The van der Waals surface area contributed by atoms with Crippen LogP contribution in [0.1, 0.15) is 36.0 Å². The van der Waals surface area contributed by atoms with Gasteiger partial charge >= 0.3 is 0 Å². The molecule has 0 unspecified atom stereocenters. The molecular weight excluding hydrogens is 361 g/mol. The van der Waals surface area contributed by atoms with E-state index < -0.39 is 0 Å². The van der Waals surface area contributed by atoms with E-state index in [9.17, 15) is 9.90 Å². The second-order valence-electron chi connectivity index (χ2n) is 6.04. The molecule has 0 saturated carbocycles. The van der Waals surface area contributed by atoms with Gasteiger partial charge in [0.15, 0.2) is 5.75 Å². The number of para-hydroxylation sites is 1. The summed E-state index contributed by atoms with van der Waals surface area (Å²) in [5, 5.41) is 10.9. The number of carbonyl (C=O) groups is 1. The summed E-state index contributed by atoms with van der Waals surface area (Å²) in [6.07, 6.45) is 4.23. The fraction of sp³-hybridized carbons (Fsp3) is 0.316. The van der Waals surface area contributed by atoms with Crippen molar-refractivity contribution < 1.29 is 14.6 Å². The van der Waals surface area contributed by atoms with Gasteiger partial charge in [0, 0.05) is 13.1 Å². The number of phenols is 1. The summed E-state index contributed by atoms with van der Waals surface area (Å²) in [4.78, 5) is 14.6. The Morgan fingerprint density at radius 2 is 1.64 bits per heavy atom. The van der Waals surface area contributed by atoms with Gasteiger partial charge in [-0.3, -0.25) is 4.79 Å². The first-order valence-corrected chi connectivity index (χ1v) is 9.06. The Morgan fingerprint density at radius 3 is 2.28 bits per heavy atom. The summed E-state index contributed by atoms with van der Waals surface area (Å²) in [6.45, 7) is 1.42. The van der Waals surface area contributed by atoms with Gasteiger partial charge in [-0.15, -0.1) is 0 Å². The molecule has 4 nitrogen and oxygen atoms in total. The van der Waals surface area contributed by atoms with Gasteiger partial charge in [-0.25, -0.2) is 0 Å². The summed E-state index contributed by atoms with van der Waals surface area (Å²) < 4.78 is 5.75. The lowest BCUT2D eigenvalue weighted by molar-refractivity contribution is 0.0758. The van der Waals surface area contributed by atoms with E-state index in [4.69, 9.17) is 27.9 Å². The van der Waals surface area contributed by atoms with Crippen molar-refractivity contribution >= 4 is 29.1 Å². The number of hydrogen-bond donors (Lipinski definition) is 1. The first-order valence-electron chi connectivity index (χ1n) is 8.30. The number of hydrogen-bond acceptors (Lipinski definition) is 3. The van der Waals surface area contributed by atoms with Crippen LogP contribution in [0.4, 0.5) is 0 Å². The Morgan fingerprint density at radius 1 is 1.00 bits per heavy atom. The van der Waals surface area contributed by atoms with Gasteiger partial charge in [0.25, 0.3) is 5.91 Å². The molecule has 1 heterocycles. The second kappa shape index (κ2) is 7.98. The zero-order valence-corrected chi connectivity index (χ0v) is 15.2. The minimum absolute atomic E-state index is 0.0631. The van der Waals surface area contributed by atoms with Crippen molar-refractivity contribution in [3.63, 3.8) is 0 Å². The van der Waals surface area contributed by atoms with Gasteiger partial charge in [0.05, 0.1) is 15.6 Å². The second-order valence-corrected chi connectivity index (χ2v) is 6.85. The highest BCUT2D eigenvalue weighted by Crippen LogP contribution is 2.37. The third kappa shape index (κ3) is 4.20. The lowest BCUT2D eigenvalue weighted by Crippen LogP contribution is -2.31. The summed E-state index contributed by atoms with van der Waals surface area (Å²) in [6, 6.07) is 9.63. The van der Waals surface area contributed by atoms with Crippen molar-refractivity contribution in [2.75, 3.05) is 13.1 Å². The monoisotopic (exact) mass is 379 g/mol. The van der Waals surface area contributed by atoms with Crippen LogP contribution in [-0.2, 0) is 0 Å². The molecule has 2 aromatic rings. The van der Waals surface area contributed by atoms with Crippen LogP contribution in [0.3, 0.4) is 0 Å². The SMILES string of the molecule is O=C(c1cc(Oc2c(Cl)cccc2Cl)ccc1O)N1CCCCCC1. The Kier molecular flexibility index (Phi) is 5.71. The number of aromatic hydroxyl groups is 1. The van der Waals surface area contributed by atoms with Crippen LogP contribution in [0.2, 0.25) is 10.0 Å². The van der Waals surface area contributed by atoms with Crippen molar-refractivity contribution in [2.24, 2.45) is 0 Å². The molecule has 2 aromatic carbocycles. The van der Waals surface area contributed by atoms with E-state index >= 15 is 0 Å². The Labute approximate surface area is 156 Å². The van der Waals surface area contributed by atoms with Crippen molar-refractivity contribution in [2.45, 2.75) is 25.7 Å². The smallest absolute Gasteiger partial charge is 0.257 e. The molecule has 132 valence electrons. The van der Waals surface area contributed by atoms with Crippen LogP contribution in [-0.4, -0.2) is 29.0 Å². The maximum absolute atomic E-state index is 12.8. The molecule has 1 saturated heterocycles. The van der Waals surface area contributed by atoms with Gasteiger partial charge in [-0.05, 0) is 43.2 Å². The number of carbonyl (C=O) groups excluding carboxylic acids is 1. The molecule has 1 aliphatic heterocycles. The predicted molar refractivity (Wildman–Crippen MR) is 99.0 cm³/mol. The Balaban J connectivity index is 1.86. The zero-order chi connectivity index (χ0) is 17.8. The predicted octanol–water partition coefficient (Wildman–Crippen LogP) is 5.51. The van der Waals surface area contributed by atoms with E-state index in [-0.39, 0.29) is 17.2 Å². The number of phenolic OH excluding ortho intramolecular Hbond substituents is 1. The highest BCUT2D eigenvalue weighted by atomic mass is 35.5. The lowest BCUT2D eigenvalue weighted by atomic mass is 10.1. The standard InChI is InChI=1S/C19H19Cl2NO3/c20-15-6-5-7-16(21)18(15)25-13-8-9-17(23)14(12-13)19(24)22-10-3-1-2-4-11-22/h5-9,12,23H,1-4,10-11H2. The highest BCUT2D eigenvalue weighted by Gasteiger charge is 2.21. The summed E-state index contributed by atoms with van der Waals surface area (Å²) in [7, 11) is 0. The molecule has 6 heteroatoms. The lowest BCUT2D eigenvalue weighted by Gasteiger charge is -2.21. The molecule has 0 aromatic heterocycles. The fourth-order valence-corrected chi connectivity index (χ4v) is 3.37. The highest BCUT2D eigenvalue weighted by molar-refractivity contribution is 6.37. The van der Waals surface area contributed by atoms with Crippen LogP contribution in [0.5, 0.6) is 17.2 Å². The Bertz CT molecular complexity index is 751. The van der Waals surface area contributed by atoms with E-state index in [1.54, 1.807) is 29.2 Å². The number of amides is 1. The van der Waals surface area contributed by atoms with Gasteiger partial charge in [0.1, 0.15) is 11.5 Å². The molecule has 0 spiro atoms. The molecule has 1 aliphatic rings. The topological polar surface area (TPSA) is 49.8 Å². The number of benzene rings is 2. The van der Waals surface area contributed by atoms with Gasteiger partial charge < -0.3 is 14.7 Å². The average Bonchev–Trinajstić information content (AvgIpc) is 2.88. The van der Waals surface area contributed by atoms with Crippen LogP contribution in [0, 0.1) is 0 Å². The molecule has 1 amide bonds. The minimum atomic E-state index is -0.185. The van der Waals surface area contributed by atoms with Crippen LogP contribution < -0.4 is 4.74 Å². The summed E-state index contributed by atoms with van der Waals surface area (Å²) in [5.41, 5.74) is 0.225. The fourth-order valence-electron chi connectivity index (χ4n) is 2.89. The molecule has 0 radical (unpaired) electrons. The van der Waals surface area contributed by atoms with Gasteiger partial charge in [-0.1, -0.05) is 42.1 Å². The molecular formula is C19H19Cl2NO3. The number of rotatable bonds is 3. The molecule has 0 aliphatic carbocycles. The molecule has 3 rings (SSSR count). The van der Waals surface area contributed by atoms with E-state index in [1.807, 2.05) is 0 Å². The first kappa shape index (κ1) is 17.9. The molecule has 0 atom stereocenters. The van der Waals surface area contributed by atoms with Crippen LogP contribution >= 0.6 is 23.2 Å². The summed E-state index contributed by atoms with van der Waals surface area (Å²) >= 11 is 12.2. The number of likely N-dealkylation sites (tertiary alicyclic amines) is 1. The molecule has 1 fully saturated rings. The van der Waals surface area contributed by atoms with E-state index in [0.717, 1.165) is 25.7 Å². The maximum Gasteiger partial charge on any atom is 0.257 e. The van der Waals surface area contributed by atoms with Crippen molar-refractivity contribution in [1.29, 1.82) is 0 Å². The first-order chi connectivity index (χ1) is 12.1. The van der Waals surface area contributed by atoms with Gasteiger partial charge in [0.2, 0.25) is 0 Å². The minimum Gasteiger partial charge on any atom is -0.507 e. The van der Waals surface area contributed by atoms with Crippen LogP contribution in [0.15, 0.2) is 36.4 Å². The van der Waals surface area contributed by atoms with E-state index in [2.05, 4.69) is 0 Å². The Hall–Kier alpha value is -1.91. The van der Waals surface area contributed by atoms with Crippen molar-refractivity contribution in [1.82, 2.24) is 4.90 Å². The van der Waals surface area contributed by atoms with Gasteiger partial charge in [-0.2, -0.15) is 0 Å².